The van der Waals surface area contributed by atoms with Crippen molar-refractivity contribution in [3.63, 3.8) is 0 Å². The molecule has 0 bridgehead atoms. The topological polar surface area (TPSA) is 20.5 Å². The molecule has 1 fully saturated rings. The van der Waals surface area contributed by atoms with Gasteiger partial charge >= 0.3 is 0 Å². The van der Waals surface area contributed by atoms with E-state index in [1.165, 1.54) is 42.7 Å². The molecule has 1 aliphatic heterocycles. The van der Waals surface area contributed by atoms with E-state index in [2.05, 4.69) is 65.0 Å². The number of fused-ring (bicyclic) bond motifs is 1. The molecule has 0 unspecified atom stereocenters. The standard InChI is InChI=1S/C18H19N3/c1-14-5-4-12-21-13-17(19-18(14)21)15-6-8-16(9-7-15)20-10-2-3-11-20/h4-9,12-13H,2-3,10-11H2,1H3. The van der Waals surface area contributed by atoms with Crippen LogP contribution in [0.1, 0.15) is 18.4 Å². The summed E-state index contributed by atoms with van der Waals surface area (Å²) in [7, 11) is 0. The van der Waals surface area contributed by atoms with Crippen LogP contribution in [0.25, 0.3) is 16.9 Å². The molecule has 0 atom stereocenters. The molecule has 3 nitrogen and oxygen atoms in total. The maximum Gasteiger partial charge on any atom is 0.140 e. The molecule has 0 saturated carbocycles. The summed E-state index contributed by atoms with van der Waals surface area (Å²) < 4.78 is 2.10. The third-order valence-corrected chi connectivity index (χ3v) is 4.31. The van der Waals surface area contributed by atoms with E-state index < -0.39 is 0 Å². The lowest BCUT2D eigenvalue weighted by atomic mass is 10.1. The van der Waals surface area contributed by atoms with E-state index in [4.69, 9.17) is 4.98 Å². The van der Waals surface area contributed by atoms with Gasteiger partial charge in [0.1, 0.15) is 5.65 Å². The Morgan fingerprint density at radius 1 is 1.00 bits per heavy atom. The number of imidazole rings is 1. The van der Waals surface area contributed by atoms with Crippen molar-refractivity contribution in [3.05, 3.63) is 54.4 Å². The first-order valence-electron chi connectivity index (χ1n) is 7.61. The average molecular weight is 277 g/mol. The summed E-state index contributed by atoms with van der Waals surface area (Å²) >= 11 is 0. The summed E-state index contributed by atoms with van der Waals surface area (Å²) in [6.07, 6.45) is 6.78. The van der Waals surface area contributed by atoms with E-state index in [0.717, 1.165) is 11.3 Å². The van der Waals surface area contributed by atoms with Crippen LogP contribution in [0.15, 0.2) is 48.8 Å². The van der Waals surface area contributed by atoms with Crippen LogP contribution < -0.4 is 4.90 Å². The van der Waals surface area contributed by atoms with E-state index >= 15 is 0 Å². The molecule has 4 rings (SSSR count). The molecular weight excluding hydrogens is 258 g/mol. The van der Waals surface area contributed by atoms with Gasteiger partial charge in [0, 0.05) is 36.7 Å². The molecule has 3 heterocycles. The summed E-state index contributed by atoms with van der Waals surface area (Å²) in [6, 6.07) is 13.0. The van der Waals surface area contributed by atoms with Gasteiger partial charge in [0.25, 0.3) is 0 Å². The minimum absolute atomic E-state index is 1.04. The molecule has 3 heteroatoms. The zero-order valence-electron chi connectivity index (χ0n) is 12.3. The number of aromatic nitrogens is 2. The molecule has 1 saturated heterocycles. The second-order valence-electron chi connectivity index (χ2n) is 5.79. The zero-order valence-corrected chi connectivity index (χ0v) is 12.3. The minimum atomic E-state index is 1.04. The van der Waals surface area contributed by atoms with Crippen LogP contribution in [0.4, 0.5) is 5.69 Å². The van der Waals surface area contributed by atoms with E-state index in [9.17, 15) is 0 Å². The van der Waals surface area contributed by atoms with E-state index in [0.29, 0.717) is 0 Å². The Labute approximate surface area is 124 Å². The Hall–Kier alpha value is -2.29. The molecule has 0 radical (unpaired) electrons. The van der Waals surface area contributed by atoms with Gasteiger partial charge in [-0.2, -0.15) is 0 Å². The van der Waals surface area contributed by atoms with Crippen molar-refractivity contribution in [2.75, 3.05) is 18.0 Å². The van der Waals surface area contributed by atoms with Crippen LogP contribution in [0.3, 0.4) is 0 Å². The van der Waals surface area contributed by atoms with Crippen molar-refractivity contribution in [1.82, 2.24) is 9.38 Å². The fourth-order valence-corrected chi connectivity index (χ4v) is 3.11. The van der Waals surface area contributed by atoms with Gasteiger partial charge in [0.05, 0.1) is 5.69 Å². The number of anilines is 1. The second-order valence-corrected chi connectivity index (χ2v) is 5.79. The van der Waals surface area contributed by atoms with Crippen molar-refractivity contribution in [3.8, 4) is 11.3 Å². The predicted molar refractivity (Wildman–Crippen MR) is 86.8 cm³/mol. The molecule has 0 amide bonds. The first-order chi connectivity index (χ1) is 10.3. The van der Waals surface area contributed by atoms with Crippen LogP contribution >= 0.6 is 0 Å². The van der Waals surface area contributed by atoms with Crippen LogP contribution in [-0.2, 0) is 0 Å². The number of pyridine rings is 1. The highest BCUT2D eigenvalue weighted by atomic mass is 15.1. The summed E-state index contributed by atoms with van der Waals surface area (Å²) in [5.41, 5.74) is 5.79. The van der Waals surface area contributed by atoms with Crippen molar-refractivity contribution in [2.24, 2.45) is 0 Å². The largest absolute Gasteiger partial charge is 0.372 e. The number of nitrogens with zero attached hydrogens (tertiary/aromatic N) is 3. The molecule has 0 spiro atoms. The van der Waals surface area contributed by atoms with Crippen LogP contribution in [0.2, 0.25) is 0 Å². The van der Waals surface area contributed by atoms with E-state index in [-0.39, 0.29) is 0 Å². The molecule has 21 heavy (non-hydrogen) atoms. The van der Waals surface area contributed by atoms with E-state index in [1.807, 2.05) is 0 Å². The number of hydrogen-bond acceptors (Lipinski definition) is 2. The van der Waals surface area contributed by atoms with Crippen molar-refractivity contribution >= 4 is 11.3 Å². The molecule has 106 valence electrons. The van der Waals surface area contributed by atoms with E-state index in [1.54, 1.807) is 0 Å². The summed E-state index contributed by atoms with van der Waals surface area (Å²) in [4.78, 5) is 7.21. The van der Waals surface area contributed by atoms with Crippen molar-refractivity contribution in [2.45, 2.75) is 19.8 Å². The minimum Gasteiger partial charge on any atom is -0.372 e. The maximum absolute atomic E-state index is 4.76. The molecule has 2 aromatic heterocycles. The molecule has 1 aliphatic rings. The molecule has 1 aromatic carbocycles. The Bertz CT molecular complexity index is 765. The highest BCUT2D eigenvalue weighted by molar-refractivity contribution is 5.66. The van der Waals surface area contributed by atoms with Gasteiger partial charge in [-0.1, -0.05) is 18.2 Å². The third kappa shape index (κ3) is 2.19. The van der Waals surface area contributed by atoms with Gasteiger partial charge in [-0.3, -0.25) is 0 Å². The smallest absolute Gasteiger partial charge is 0.140 e. The van der Waals surface area contributed by atoms with Crippen LogP contribution in [-0.4, -0.2) is 22.5 Å². The lowest BCUT2D eigenvalue weighted by Crippen LogP contribution is -2.17. The Morgan fingerprint density at radius 3 is 2.48 bits per heavy atom. The maximum atomic E-state index is 4.76. The quantitative estimate of drug-likeness (QED) is 0.708. The first-order valence-corrected chi connectivity index (χ1v) is 7.61. The highest BCUT2D eigenvalue weighted by Crippen LogP contribution is 2.25. The summed E-state index contributed by atoms with van der Waals surface area (Å²) in [5.74, 6) is 0. The Morgan fingerprint density at radius 2 is 1.76 bits per heavy atom. The van der Waals surface area contributed by atoms with Gasteiger partial charge in [-0.15, -0.1) is 0 Å². The second kappa shape index (κ2) is 4.92. The molecule has 3 aromatic rings. The molecule has 0 aliphatic carbocycles. The fourth-order valence-electron chi connectivity index (χ4n) is 3.11. The summed E-state index contributed by atoms with van der Waals surface area (Å²) in [6.45, 7) is 4.47. The lowest BCUT2D eigenvalue weighted by molar-refractivity contribution is 0.949. The Kier molecular flexibility index (Phi) is 2.92. The van der Waals surface area contributed by atoms with Crippen LogP contribution in [0, 0.1) is 6.92 Å². The first kappa shape index (κ1) is 12.5. The number of rotatable bonds is 2. The predicted octanol–water partition coefficient (Wildman–Crippen LogP) is 3.91. The molecule has 0 N–H and O–H groups in total. The zero-order chi connectivity index (χ0) is 14.2. The third-order valence-electron chi connectivity index (χ3n) is 4.31. The van der Waals surface area contributed by atoms with Gasteiger partial charge in [0.2, 0.25) is 0 Å². The monoisotopic (exact) mass is 277 g/mol. The number of aryl methyl sites for hydroxylation is 1. The van der Waals surface area contributed by atoms with Gasteiger partial charge in [0.15, 0.2) is 0 Å². The highest BCUT2D eigenvalue weighted by Gasteiger charge is 2.12. The normalized spacial score (nSPS) is 15.0. The van der Waals surface area contributed by atoms with Crippen molar-refractivity contribution in [1.29, 1.82) is 0 Å². The van der Waals surface area contributed by atoms with Crippen molar-refractivity contribution < 1.29 is 0 Å². The van der Waals surface area contributed by atoms with Gasteiger partial charge in [-0.05, 0) is 43.5 Å². The average Bonchev–Trinajstić information content (AvgIpc) is 3.18. The Balaban J connectivity index is 1.69. The number of benzene rings is 1. The summed E-state index contributed by atoms with van der Waals surface area (Å²) in [5, 5.41) is 0. The van der Waals surface area contributed by atoms with Crippen LogP contribution in [0.5, 0.6) is 0 Å². The van der Waals surface area contributed by atoms with Gasteiger partial charge < -0.3 is 9.30 Å². The van der Waals surface area contributed by atoms with Gasteiger partial charge in [-0.25, -0.2) is 4.98 Å². The molecular formula is C18H19N3. The fraction of sp³-hybridized carbons (Fsp3) is 0.278. The lowest BCUT2D eigenvalue weighted by Gasteiger charge is -2.17. The SMILES string of the molecule is Cc1cccn2cc(-c3ccc(N4CCCC4)cc3)nc12. The number of hydrogen-bond donors (Lipinski definition) is 0.